The molecule has 0 amide bonds. The van der Waals surface area contributed by atoms with Crippen molar-refractivity contribution in [3.05, 3.63) is 64.8 Å². The topological polar surface area (TPSA) is 74.2 Å². The monoisotopic (exact) mass is 381 g/mol. The number of pyridine rings is 1. The van der Waals surface area contributed by atoms with E-state index in [2.05, 4.69) is 15.6 Å². The second kappa shape index (κ2) is 7.55. The molecular weight excluding hydrogens is 362 g/mol. The average molecular weight is 382 g/mol. The van der Waals surface area contributed by atoms with Gasteiger partial charge in [-0.25, -0.2) is 4.79 Å². The number of hydrogen-bond donors (Lipinski definition) is 3. The molecule has 3 aromatic rings. The fourth-order valence-electron chi connectivity index (χ4n) is 3.68. The molecule has 2 aromatic carbocycles. The number of rotatable bonds is 4. The first-order valence-electron chi connectivity index (χ1n) is 9.01. The van der Waals surface area contributed by atoms with Crippen molar-refractivity contribution in [1.82, 2.24) is 10.3 Å². The maximum absolute atomic E-state index is 11.6. The van der Waals surface area contributed by atoms with Gasteiger partial charge in [0, 0.05) is 16.6 Å². The third-order valence-corrected chi connectivity index (χ3v) is 5.29. The zero-order valence-electron chi connectivity index (χ0n) is 14.7. The predicted octanol–water partition coefficient (Wildman–Crippen LogP) is 4.80. The van der Waals surface area contributed by atoms with Crippen molar-refractivity contribution in [2.45, 2.75) is 18.8 Å². The largest absolute Gasteiger partial charge is 0.478 e. The van der Waals surface area contributed by atoms with E-state index in [-0.39, 0.29) is 5.56 Å². The molecule has 4 rings (SSSR count). The second-order valence-electron chi connectivity index (χ2n) is 6.75. The van der Waals surface area contributed by atoms with Crippen LogP contribution in [0.4, 0.5) is 11.4 Å². The maximum Gasteiger partial charge on any atom is 0.337 e. The van der Waals surface area contributed by atoms with Crippen LogP contribution in [-0.4, -0.2) is 29.1 Å². The lowest BCUT2D eigenvalue weighted by molar-refractivity contribution is 0.0698. The van der Waals surface area contributed by atoms with Gasteiger partial charge in [-0.05, 0) is 67.7 Å². The summed E-state index contributed by atoms with van der Waals surface area (Å²) >= 11 is 6.25. The van der Waals surface area contributed by atoms with Crippen molar-refractivity contribution in [3.63, 3.8) is 0 Å². The molecule has 6 heteroatoms. The van der Waals surface area contributed by atoms with E-state index in [0.29, 0.717) is 16.6 Å². The van der Waals surface area contributed by atoms with E-state index >= 15 is 0 Å². The van der Waals surface area contributed by atoms with E-state index in [1.165, 1.54) is 0 Å². The molecule has 1 aliphatic rings. The molecule has 27 heavy (non-hydrogen) atoms. The predicted molar refractivity (Wildman–Crippen MR) is 108 cm³/mol. The number of fused-ring (bicyclic) bond motifs is 1. The van der Waals surface area contributed by atoms with Crippen LogP contribution < -0.4 is 10.6 Å². The standard InChI is InChI=1S/C21H20ClN3O2/c22-14-5-6-18-16(11-14)20(17(12-24-18)13-7-9-23-10-8-13)25-19-4-2-1-3-15(19)21(26)27/h1-6,11-13,23H,7-10H2,(H,24,25)(H,26,27). The molecule has 5 nitrogen and oxygen atoms in total. The molecule has 0 radical (unpaired) electrons. The van der Waals surface area contributed by atoms with E-state index in [1.54, 1.807) is 18.2 Å². The van der Waals surface area contributed by atoms with Crippen molar-refractivity contribution in [2.75, 3.05) is 18.4 Å². The molecule has 2 heterocycles. The van der Waals surface area contributed by atoms with Crippen molar-refractivity contribution < 1.29 is 9.90 Å². The van der Waals surface area contributed by atoms with E-state index in [4.69, 9.17) is 11.6 Å². The highest BCUT2D eigenvalue weighted by molar-refractivity contribution is 6.31. The number of carboxylic acid groups (broad SMARTS) is 1. The summed E-state index contributed by atoms with van der Waals surface area (Å²) in [4.78, 5) is 16.3. The van der Waals surface area contributed by atoms with Crippen LogP contribution in [0.1, 0.15) is 34.7 Å². The normalized spacial score (nSPS) is 15.0. The minimum absolute atomic E-state index is 0.237. The maximum atomic E-state index is 11.6. The van der Waals surface area contributed by atoms with Crippen molar-refractivity contribution in [2.24, 2.45) is 0 Å². The van der Waals surface area contributed by atoms with Gasteiger partial charge in [-0.15, -0.1) is 0 Å². The molecule has 0 aliphatic carbocycles. The van der Waals surface area contributed by atoms with Gasteiger partial charge in [0.1, 0.15) is 0 Å². The lowest BCUT2D eigenvalue weighted by Crippen LogP contribution is -2.27. The highest BCUT2D eigenvalue weighted by Crippen LogP contribution is 2.38. The molecule has 0 unspecified atom stereocenters. The summed E-state index contributed by atoms with van der Waals surface area (Å²) in [6.07, 6.45) is 3.95. The second-order valence-corrected chi connectivity index (χ2v) is 7.19. The smallest absolute Gasteiger partial charge is 0.337 e. The molecule has 1 aromatic heterocycles. The summed E-state index contributed by atoms with van der Waals surface area (Å²) in [5.74, 6) is -0.598. The Labute approximate surface area is 162 Å². The fourth-order valence-corrected chi connectivity index (χ4v) is 3.85. The van der Waals surface area contributed by atoms with Crippen LogP contribution in [0.25, 0.3) is 10.9 Å². The number of carboxylic acids is 1. The quantitative estimate of drug-likeness (QED) is 0.605. The van der Waals surface area contributed by atoms with Crippen molar-refractivity contribution in [1.29, 1.82) is 0 Å². The first kappa shape index (κ1) is 17.8. The Hall–Kier alpha value is -2.63. The SMILES string of the molecule is O=C(O)c1ccccc1Nc1c(C2CCNCC2)cnc2ccc(Cl)cc12. The molecular formula is C21H20ClN3O2. The minimum Gasteiger partial charge on any atom is -0.478 e. The van der Waals surface area contributed by atoms with Crippen molar-refractivity contribution >= 4 is 39.8 Å². The Kier molecular flexibility index (Phi) is 4.97. The summed E-state index contributed by atoms with van der Waals surface area (Å²) in [7, 11) is 0. The average Bonchev–Trinajstić information content (AvgIpc) is 2.69. The van der Waals surface area contributed by atoms with Gasteiger partial charge < -0.3 is 15.7 Å². The Morgan fingerprint density at radius 3 is 2.74 bits per heavy atom. The number of nitrogens with zero attached hydrogens (tertiary/aromatic N) is 1. The number of nitrogens with one attached hydrogen (secondary N) is 2. The van der Waals surface area contributed by atoms with Crippen LogP contribution in [0.15, 0.2) is 48.7 Å². The zero-order chi connectivity index (χ0) is 18.8. The highest BCUT2D eigenvalue weighted by atomic mass is 35.5. The number of piperidine rings is 1. The van der Waals surface area contributed by atoms with Gasteiger partial charge in [-0.3, -0.25) is 4.98 Å². The van der Waals surface area contributed by atoms with Gasteiger partial charge in [-0.1, -0.05) is 23.7 Å². The number of aromatic carboxylic acids is 1. The summed E-state index contributed by atoms with van der Waals surface area (Å²) in [5.41, 5.74) is 3.62. The zero-order valence-corrected chi connectivity index (χ0v) is 15.5. The molecule has 0 spiro atoms. The molecule has 1 fully saturated rings. The van der Waals surface area contributed by atoms with E-state index in [1.807, 2.05) is 30.5 Å². The van der Waals surface area contributed by atoms with Gasteiger partial charge in [0.2, 0.25) is 0 Å². The van der Waals surface area contributed by atoms with Crippen LogP contribution in [-0.2, 0) is 0 Å². The molecule has 3 N–H and O–H groups in total. The van der Waals surface area contributed by atoms with Crippen molar-refractivity contribution in [3.8, 4) is 0 Å². The Morgan fingerprint density at radius 1 is 1.19 bits per heavy atom. The van der Waals surface area contributed by atoms with Crippen LogP contribution in [0.3, 0.4) is 0 Å². The number of para-hydroxylation sites is 1. The van der Waals surface area contributed by atoms with E-state index in [0.717, 1.165) is 48.1 Å². The minimum atomic E-state index is -0.960. The number of carbonyl (C=O) groups is 1. The van der Waals surface area contributed by atoms with Crippen LogP contribution in [0.2, 0.25) is 5.02 Å². The summed E-state index contributed by atoms with van der Waals surface area (Å²) in [6.45, 7) is 1.92. The van der Waals surface area contributed by atoms with Crippen LogP contribution >= 0.6 is 11.6 Å². The number of anilines is 2. The number of halogens is 1. The molecule has 1 aliphatic heterocycles. The number of hydrogen-bond acceptors (Lipinski definition) is 4. The Balaban J connectivity index is 1.88. The van der Waals surface area contributed by atoms with Crippen LogP contribution in [0, 0.1) is 0 Å². The number of benzene rings is 2. The third-order valence-electron chi connectivity index (χ3n) is 5.06. The third kappa shape index (κ3) is 3.61. The van der Waals surface area contributed by atoms with Gasteiger partial charge in [0.15, 0.2) is 0 Å². The van der Waals surface area contributed by atoms with Gasteiger partial charge in [0.25, 0.3) is 0 Å². The molecule has 1 saturated heterocycles. The molecule has 0 saturated carbocycles. The Bertz CT molecular complexity index is 1000. The first-order valence-corrected chi connectivity index (χ1v) is 9.39. The molecule has 0 atom stereocenters. The van der Waals surface area contributed by atoms with E-state index in [9.17, 15) is 9.90 Å². The van der Waals surface area contributed by atoms with E-state index < -0.39 is 5.97 Å². The summed E-state index contributed by atoms with van der Waals surface area (Å²) in [6, 6.07) is 12.5. The van der Waals surface area contributed by atoms with Gasteiger partial charge in [-0.2, -0.15) is 0 Å². The summed E-state index contributed by atoms with van der Waals surface area (Å²) in [5, 5.41) is 17.8. The Morgan fingerprint density at radius 2 is 1.96 bits per heavy atom. The van der Waals surface area contributed by atoms with Crippen LogP contribution in [0.5, 0.6) is 0 Å². The molecule has 138 valence electrons. The van der Waals surface area contributed by atoms with Gasteiger partial charge >= 0.3 is 5.97 Å². The van der Waals surface area contributed by atoms with Gasteiger partial charge in [0.05, 0.1) is 22.5 Å². The fraction of sp³-hybridized carbons (Fsp3) is 0.238. The molecule has 0 bridgehead atoms. The lowest BCUT2D eigenvalue weighted by Gasteiger charge is -2.26. The number of aromatic nitrogens is 1. The lowest BCUT2D eigenvalue weighted by atomic mass is 9.89. The highest BCUT2D eigenvalue weighted by Gasteiger charge is 2.22. The first-order chi connectivity index (χ1) is 13.1. The summed E-state index contributed by atoms with van der Waals surface area (Å²) < 4.78 is 0.